The van der Waals surface area contributed by atoms with E-state index in [9.17, 15) is 14.4 Å². The molecule has 1 saturated carbocycles. The molecule has 1 aromatic carbocycles. The van der Waals surface area contributed by atoms with Crippen LogP contribution in [0.1, 0.15) is 38.5 Å². The third-order valence-corrected chi connectivity index (χ3v) is 6.67. The molecule has 2 aliphatic rings. The van der Waals surface area contributed by atoms with Gasteiger partial charge in [-0.2, -0.15) is 0 Å². The van der Waals surface area contributed by atoms with E-state index < -0.39 is 0 Å². The summed E-state index contributed by atoms with van der Waals surface area (Å²) in [6.07, 6.45) is 5.78. The molecule has 4 amide bonds. The maximum Gasteiger partial charge on any atom is 0.321 e. The third-order valence-electron chi connectivity index (χ3n) is 5.59. The van der Waals surface area contributed by atoms with Gasteiger partial charge in [0.05, 0.1) is 5.69 Å². The molecule has 29 heavy (non-hydrogen) atoms. The van der Waals surface area contributed by atoms with Gasteiger partial charge in [0.1, 0.15) is 0 Å². The van der Waals surface area contributed by atoms with E-state index in [4.69, 9.17) is 5.73 Å². The smallest absolute Gasteiger partial charge is 0.321 e. The van der Waals surface area contributed by atoms with Gasteiger partial charge in [0.15, 0.2) is 0 Å². The lowest BCUT2D eigenvalue weighted by atomic mass is 10.0. The Kier molecular flexibility index (Phi) is 7.80. The van der Waals surface area contributed by atoms with Crippen molar-refractivity contribution in [2.24, 2.45) is 11.7 Å². The fourth-order valence-electron chi connectivity index (χ4n) is 3.90. The molecule has 7 nitrogen and oxygen atoms in total. The number of para-hydroxylation sites is 1. The van der Waals surface area contributed by atoms with Crippen LogP contribution in [-0.2, 0) is 9.59 Å². The molecule has 0 unspecified atom stereocenters. The Morgan fingerprint density at radius 3 is 2.38 bits per heavy atom. The van der Waals surface area contributed by atoms with Crippen molar-refractivity contribution in [2.45, 2.75) is 43.4 Å². The number of nitrogens with zero attached hydrogens (tertiary/aromatic N) is 2. The van der Waals surface area contributed by atoms with Gasteiger partial charge in [-0.05, 0) is 30.9 Å². The summed E-state index contributed by atoms with van der Waals surface area (Å²) >= 11 is 1.50. The van der Waals surface area contributed by atoms with E-state index >= 15 is 0 Å². The number of benzene rings is 1. The van der Waals surface area contributed by atoms with E-state index in [-0.39, 0.29) is 17.8 Å². The number of anilines is 1. The second-order valence-electron chi connectivity index (χ2n) is 7.71. The number of nitrogens with one attached hydrogen (secondary N) is 1. The molecule has 3 N–H and O–H groups in total. The number of carbonyl (C=O) groups is 3. The van der Waals surface area contributed by atoms with Crippen molar-refractivity contribution in [3.8, 4) is 0 Å². The molecule has 2 fully saturated rings. The average molecular weight is 419 g/mol. The van der Waals surface area contributed by atoms with Gasteiger partial charge in [-0.15, -0.1) is 11.8 Å². The Bertz CT molecular complexity index is 728. The minimum absolute atomic E-state index is 0.157. The molecule has 0 spiro atoms. The molecule has 0 aromatic heterocycles. The summed E-state index contributed by atoms with van der Waals surface area (Å²) in [5.74, 6) is 1.02. The van der Waals surface area contributed by atoms with Gasteiger partial charge < -0.3 is 20.9 Å². The zero-order chi connectivity index (χ0) is 20.6. The Morgan fingerprint density at radius 2 is 1.69 bits per heavy atom. The first-order valence-electron chi connectivity index (χ1n) is 10.4. The van der Waals surface area contributed by atoms with Gasteiger partial charge in [0.25, 0.3) is 0 Å². The predicted molar refractivity (Wildman–Crippen MR) is 115 cm³/mol. The number of urea groups is 1. The van der Waals surface area contributed by atoms with Crippen LogP contribution in [0.4, 0.5) is 10.5 Å². The second kappa shape index (κ2) is 10.5. The number of amides is 4. The van der Waals surface area contributed by atoms with Crippen LogP contribution >= 0.6 is 11.8 Å². The Hall–Kier alpha value is -2.22. The number of nitrogens with two attached hydrogens (primary N) is 1. The van der Waals surface area contributed by atoms with Crippen LogP contribution in [0.25, 0.3) is 0 Å². The first kappa shape index (κ1) is 21.5. The molecule has 0 radical (unpaired) electrons. The molecule has 0 atom stereocenters. The molecule has 1 aliphatic heterocycles. The minimum atomic E-state index is -0.334. The molecule has 1 aliphatic carbocycles. The summed E-state index contributed by atoms with van der Waals surface area (Å²) in [5, 5.41) is 2.97. The van der Waals surface area contributed by atoms with E-state index in [2.05, 4.69) is 5.32 Å². The summed E-state index contributed by atoms with van der Waals surface area (Å²) in [5.41, 5.74) is 5.92. The third kappa shape index (κ3) is 6.39. The highest BCUT2D eigenvalue weighted by Gasteiger charge is 2.27. The molecule has 3 rings (SSSR count). The van der Waals surface area contributed by atoms with Crippen molar-refractivity contribution in [3.05, 3.63) is 24.3 Å². The highest BCUT2D eigenvalue weighted by atomic mass is 32.2. The Balaban J connectivity index is 1.47. The van der Waals surface area contributed by atoms with E-state index in [1.165, 1.54) is 37.4 Å². The van der Waals surface area contributed by atoms with Crippen LogP contribution in [-0.4, -0.2) is 59.6 Å². The largest absolute Gasteiger partial charge is 0.370 e. The highest BCUT2D eigenvalue weighted by Crippen LogP contribution is 2.29. The molecule has 0 bridgehead atoms. The van der Waals surface area contributed by atoms with Crippen molar-refractivity contribution < 1.29 is 14.4 Å². The number of thioether (sulfide) groups is 1. The van der Waals surface area contributed by atoms with Gasteiger partial charge in [-0.25, -0.2) is 4.79 Å². The molecular formula is C21H30N4O3S. The first-order chi connectivity index (χ1) is 14.0. The van der Waals surface area contributed by atoms with Crippen LogP contribution in [0.2, 0.25) is 0 Å². The molecule has 1 heterocycles. The standard InChI is InChI=1S/C21H30N4O3S/c22-19(26)9-14-29-18-8-4-3-7-17(18)23-21(28)25-12-10-24(11-13-25)20(27)15-16-5-1-2-6-16/h3-4,7-8,16H,1-2,5-6,9-15H2,(H2,22,26)(H,23,28). The number of piperazine rings is 1. The van der Waals surface area contributed by atoms with Crippen molar-refractivity contribution in [1.82, 2.24) is 9.80 Å². The lowest BCUT2D eigenvalue weighted by Gasteiger charge is -2.35. The van der Waals surface area contributed by atoms with E-state index in [1.807, 2.05) is 29.2 Å². The van der Waals surface area contributed by atoms with E-state index in [1.54, 1.807) is 4.90 Å². The van der Waals surface area contributed by atoms with Gasteiger partial charge in [-0.3, -0.25) is 9.59 Å². The van der Waals surface area contributed by atoms with Crippen LogP contribution in [0.15, 0.2) is 29.2 Å². The van der Waals surface area contributed by atoms with Crippen molar-refractivity contribution >= 4 is 35.3 Å². The summed E-state index contributed by atoms with van der Waals surface area (Å²) in [4.78, 5) is 40.7. The Labute approximate surface area is 176 Å². The van der Waals surface area contributed by atoms with Crippen molar-refractivity contribution in [2.75, 3.05) is 37.2 Å². The number of carbonyl (C=O) groups excluding carboxylic acids is 3. The quantitative estimate of drug-likeness (QED) is 0.666. The zero-order valence-electron chi connectivity index (χ0n) is 16.8. The number of primary amides is 1. The number of rotatable bonds is 7. The topological polar surface area (TPSA) is 95.7 Å². The fourth-order valence-corrected chi connectivity index (χ4v) is 4.87. The zero-order valence-corrected chi connectivity index (χ0v) is 17.6. The SMILES string of the molecule is NC(=O)CCSc1ccccc1NC(=O)N1CCN(C(=O)CC2CCCC2)CC1. The number of hydrogen-bond donors (Lipinski definition) is 2. The molecule has 1 aromatic rings. The summed E-state index contributed by atoms with van der Waals surface area (Å²) in [7, 11) is 0. The second-order valence-corrected chi connectivity index (χ2v) is 8.85. The maximum atomic E-state index is 12.7. The lowest BCUT2D eigenvalue weighted by Crippen LogP contribution is -2.51. The molecule has 158 valence electrons. The number of hydrogen-bond acceptors (Lipinski definition) is 4. The molecular weight excluding hydrogens is 388 g/mol. The molecule has 1 saturated heterocycles. The summed E-state index contributed by atoms with van der Waals surface area (Å²) < 4.78 is 0. The fraction of sp³-hybridized carbons (Fsp3) is 0.571. The Morgan fingerprint density at radius 1 is 1.03 bits per heavy atom. The average Bonchev–Trinajstić information content (AvgIpc) is 3.22. The van der Waals surface area contributed by atoms with Crippen molar-refractivity contribution in [3.63, 3.8) is 0 Å². The van der Waals surface area contributed by atoms with E-state index in [0.29, 0.717) is 50.7 Å². The highest BCUT2D eigenvalue weighted by molar-refractivity contribution is 7.99. The van der Waals surface area contributed by atoms with Crippen LogP contribution in [0.3, 0.4) is 0 Å². The lowest BCUT2D eigenvalue weighted by molar-refractivity contribution is -0.133. The normalized spacial score (nSPS) is 17.4. The maximum absolute atomic E-state index is 12.7. The van der Waals surface area contributed by atoms with Gasteiger partial charge >= 0.3 is 6.03 Å². The van der Waals surface area contributed by atoms with Crippen LogP contribution in [0.5, 0.6) is 0 Å². The molecule has 8 heteroatoms. The summed E-state index contributed by atoms with van der Waals surface area (Å²) in [6.45, 7) is 2.26. The van der Waals surface area contributed by atoms with Crippen LogP contribution < -0.4 is 11.1 Å². The van der Waals surface area contributed by atoms with Gasteiger partial charge in [0, 0.05) is 49.7 Å². The minimum Gasteiger partial charge on any atom is -0.370 e. The monoisotopic (exact) mass is 418 g/mol. The van der Waals surface area contributed by atoms with Gasteiger partial charge in [0.2, 0.25) is 11.8 Å². The van der Waals surface area contributed by atoms with E-state index in [0.717, 1.165) is 10.6 Å². The first-order valence-corrected chi connectivity index (χ1v) is 11.4. The predicted octanol–water partition coefficient (Wildman–Crippen LogP) is 2.91. The van der Waals surface area contributed by atoms with Crippen molar-refractivity contribution in [1.29, 1.82) is 0 Å². The summed E-state index contributed by atoms with van der Waals surface area (Å²) in [6, 6.07) is 7.38. The van der Waals surface area contributed by atoms with Gasteiger partial charge in [-0.1, -0.05) is 25.0 Å². The van der Waals surface area contributed by atoms with Crippen LogP contribution in [0, 0.1) is 5.92 Å².